The molecule has 0 spiro atoms. The Morgan fingerprint density at radius 2 is 1.50 bits per heavy atom. The molecule has 3 aromatic carbocycles. The van der Waals surface area contributed by atoms with Crippen molar-refractivity contribution in [1.29, 1.82) is 0 Å². The summed E-state index contributed by atoms with van der Waals surface area (Å²) >= 11 is 7.23. The molecule has 0 unspecified atom stereocenters. The predicted molar refractivity (Wildman–Crippen MR) is 125 cm³/mol. The SMILES string of the molecule is CCCCc1cc(Br)c(Nc2ccc(O)c3c2C(=O)c2ccccc2C3=O)c(Br)c1. The van der Waals surface area contributed by atoms with Crippen LogP contribution in [0.15, 0.2) is 57.5 Å². The largest absolute Gasteiger partial charge is 0.507 e. The molecule has 3 aromatic rings. The number of carbonyl (C=O) groups is 2. The zero-order chi connectivity index (χ0) is 21.4. The van der Waals surface area contributed by atoms with Gasteiger partial charge in [-0.1, -0.05) is 37.6 Å². The normalized spacial score (nSPS) is 12.5. The highest BCUT2D eigenvalue weighted by molar-refractivity contribution is 9.11. The molecule has 0 aromatic heterocycles. The molecule has 4 nitrogen and oxygen atoms in total. The van der Waals surface area contributed by atoms with E-state index in [1.165, 1.54) is 11.6 Å². The summed E-state index contributed by atoms with van der Waals surface area (Å²) in [5.41, 5.74) is 3.31. The monoisotopic (exact) mass is 527 g/mol. The number of unbranched alkanes of at least 4 members (excludes halogenated alkanes) is 1. The molecule has 6 heteroatoms. The number of benzene rings is 3. The van der Waals surface area contributed by atoms with Crippen LogP contribution < -0.4 is 5.32 Å². The zero-order valence-electron chi connectivity index (χ0n) is 16.3. The molecule has 0 aliphatic heterocycles. The summed E-state index contributed by atoms with van der Waals surface area (Å²) in [6.07, 6.45) is 3.20. The van der Waals surface area contributed by atoms with Gasteiger partial charge in [-0.05, 0) is 74.5 Å². The van der Waals surface area contributed by atoms with E-state index in [-0.39, 0.29) is 28.4 Å². The molecule has 152 valence electrons. The molecule has 0 amide bonds. The number of nitrogens with one attached hydrogen (secondary N) is 1. The number of aromatic hydroxyl groups is 1. The van der Waals surface area contributed by atoms with Gasteiger partial charge in [0.15, 0.2) is 11.6 Å². The number of anilines is 2. The van der Waals surface area contributed by atoms with E-state index in [1.54, 1.807) is 30.3 Å². The lowest BCUT2D eigenvalue weighted by molar-refractivity contribution is 0.0977. The van der Waals surface area contributed by atoms with Crippen LogP contribution in [-0.4, -0.2) is 16.7 Å². The second kappa shape index (κ2) is 8.36. The summed E-state index contributed by atoms with van der Waals surface area (Å²) in [5, 5.41) is 13.7. The molecule has 0 heterocycles. The van der Waals surface area contributed by atoms with E-state index < -0.39 is 0 Å². The van der Waals surface area contributed by atoms with Crippen molar-refractivity contribution in [3.8, 4) is 5.75 Å². The van der Waals surface area contributed by atoms with Gasteiger partial charge in [0.2, 0.25) is 0 Å². The van der Waals surface area contributed by atoms with E-state index in [0.29, 0.717) is 16.8 Å². The highest BCUT2D eigenvalue weighted by Crippen LogP contribution is 2.41. The zero-order valence-corrected chi connectivity index (χ0v) is 19.4. The van der Waals surface area contributed by atoms with Gasteiger partial charge >= 0.3 is 0 Å². The quantitative estimate of drug-likeness (QED) is 0.280. The van der Waals surface area contributed by atoms with Crippen LogP contribution in [0.5, 0.6) is 5.75 Å². The molecule has 0 bridgehead atoms. The molecular formula is C24H19Br2NO3. The third-order valence-corrected chi connectivity index (χ3v) is 6.49. The molecular weight excluding hydrogens is 510 g/mol. The summed E-state index contributed by atoms with van der Waals surface area (Å²) in [6.45, 7) is 2.16. The van der Waals surface area contributed by atoms with Gasteiger partial charge in [-0.15, -0.1) is 0 Å². The predicted octanol–water partition coefficient (Wildman–Crippen LogP) is 6.78. The minimum absolute atomic E-state index is 0.0375. The highest BCUT2D eigenvalue weighted by atomic mass is 79.9. The van der Waals surface area contributed by atoms with Crippen LogP contribution in [0.2, 0.25) is 0 Å². The fourth-order valence-electron chi connectivity index (χ4n) is 3.71. The van der Waals surface area contributed by atoms with Crippen molar-refractivity contribution in [1.82, 2.24) is 0 Å². The van der Waals surface area contributed by atoms with Gasteiger partial charge in [0.1, 0.15) is 5.75 Å². The summed E-state index contributed by atoms with van der Waals surface area (Å²) in [5.74, 6) is -0.837. The standard InChI is InChI=1S/C24H19Br2NO3/c1-2-3-6-13-11-16(25)22(17(26)12-13)27-18-9-10-19(28)21-20(18)23(29)14-7-4-5-8-15(14)24(21)30/h4-5,7-12,27-28H,2-3,6H2,1H3. The van der Waals surface area contributed by atoms with Crippen molar-refractivity contribution >= 4 is 54.8 Å². The van der Waals surface area contributed by atoms with E-state index in [4.69, 9.17) is 0 Å². The van der Waals surface area contributed by atoms with Gasteiger partial charge in [-0.3, -0.25) is 9.59 Å². The lowest BCUT2D eigenvalue weighted by Gasteiger charge is -2.22. The molecule has 0 atom stereocenters. The number of phenolic OH excluding ortho intramolecular Hbond substituents is 1. The maximum atomic E-state index is 13.2. The molecule has 0 saturated carbocycles. The fraction of sp³-hybridized carbons (Fsp3) is 0.167. The van der Waals surface area contributed by atoms with E-state index >= 15 is 0 Å². The van der Waals surface area contributed by atoms with Crippen LogP contribution in [-0.2, 0) is 6.42 Å². The van der Waals surface area contributed by atoms with Crippen molar-refractivity contribution in [3.63, 3.8) is 0 Å². The molecule has 4 rings (SSSR count). The van der Waals surface area contributed by atoms with Gasteiger partial charge in [0, 0.05) is 20.1 Å². The second-order valence-electron chi connectivity index (χ2n) is 7.25. The lowest BCUT2D eigenvalue weighted by atomic mass is 9.82. The first kappa shape index (κ1) is 20.8. The Hall–Kier alpha value is -2.44. The Morgan fingerprint density at radius 1 is 0.900 bits per heavy atom. The Balaban J connectivity index is 1.80. The average molecular weight is 529 g/mol. The second-order valence-corrected chi connectivity index (χ2v) is 8.96. The molecule has 0 saturated heterocycles. The Bertz CT molecular complexity index is 1160. The topological polar surface area (TPSA) is 66.4 Å². The van der Waals surface area contributed by atoms with Gasteiger partial charge in [0.25, 0.3) is 0 Å². The third kappa shape index (κ3) is 3.59. The number of halogens is 2. The fourth-order valence-corrected chi connectivity index (χ4v) is 5.19. The Labute approximate surface area is 191 Å². The first-order valence-corrected chi connectivity index (χ1v) is 11.3. The molecule has 0 radical (unpaired) electrons. The van der Waals surface area contributed by atoms with Gasteiger partial charge in [-0.2, -0.15) is 0 Å². The van der Waals surface area contributed by atoms with Crippen LogP contribution in [0.4, 0.5) is 11.4 Å². The molecule has 30 heavy (non-hydrogen) atoms. The average Bonchev–Trinajstić information content (AvgIpc) is 2.73. The summed E-state index contributed by atoms with van der Waals surface area (Å²) in [7, 11) is 0. The Morgan fingerprint density at radius 3 is 2.10 bits per heavy atom. The number of fused-ring (bicyclic) bond motifs is 2. The van der Waals surface area contributed by atoms with Crippen LogP contribution in [0.25, 0.3) is 0 Å². The van der Waals surface area contributed by atoms with Crippen LogP contribution in [0, 0.1) is 0 Å². The van der Waals surface area contributed by atoms with Crippen LogP contribution >= 0.6 is 31.9 Å². The van der Waals surface area contributed by atoms with E-state index in [2.05, 4.69) is 56.2 Å². The minimum Gasteiger partial charge on any atom is -0.507 e. The number of ketones is 2. The molecule has 1 aliphatic rings. The van der Waals surface area contributed by atoms with Crippen molar-refractivity contribution in [2.75, 3.05) is 5.32 Å². The van der Waals surface area contributed by atoms with E-state index in [9.17, 15) is 14.7 Å². The number of aryl methyl sites for hydroxylation is 1. The number of hydrogen-bond acceptors (Lipinski definition) is 4. The highest BCUT2D eigenvalue weighted by Gasteiger charge is 2.34. The maximum absolute atomic E-state index is 13.2. The van der Waals surface area contributed by atoms with Crippen LogP contribution in [0.1, 0.15) is 57.2 Å². The van der Waals surface area contributed by atoms with Crippen molar-refractivity contribution in [2.45, 2.75) is 26.2 Å². The number of rotatable bonds is 5. The molecule has 2 N–H and O–H groups in total. The van der Waals surface area contributed by atoms with Crippen LogP contribution in [0.3, 0.4) is 0 Å². The van der Waals surface area contributed by atoms with Crippen molar-refractivity contribution in [3.05, 3.63) is 85.3 Å². The van der Waals surface area contributed by atoms with Gasteiger partial charge in [0.05, 0.1) is 22.5 Å². The first-order valence-electron chi connectivity index (χ1n) is 9.71. The summed E-state index contributed by atoms with van der Waals surface area (Å²) in [4.78, 5) is 26.2. The third-order valence-electron chi connectivity index (χ3n) is 5.23. The van der Waals surface area contributed by atoms with E-state index in [0.717, 1.165) is 33.9 Å². The number of phenols is 1. The van der Waals surface area contributed by atoms with Crippen molar-refractivity contribution < 1.29 is 14.7 Å². The van der Waals surface area contributed by atoms with Gasteiger partial charge in [-0.25, -0.2) is 0 Å². The van der Waals surface area contributed by atoms with Gasteiger partial charge < -0.3 is 10.4 Å². The molecule has 1 aliphatic carbocycles. The maximum Gasteiger partial charge on any atom is 0.198 e. The summed E-state index contributed by atoms with van der Waals surface area (Å²) in [6, 6.07) is 13.9. The first-order chi connectivity index (χ1) is 14.4. The minimum atomic E-state index is -0.352. The van der Waals surface area contributed by atoms with Crippen molar-refractivity contribution in [2.24, 2.45) is 0 Å². The number of hydrogen-bond donors (Lipinski definition) is 2. The summed E-state index contributed by atoms with van der Waals surface area (Å²) < 4.78 is 1.69. The number of carbonyl (C=O) groups excluding carboxylic acids is 2. The van der Waals surface area contributed by atoms with E-state index in [1.807, 2.05) is 0 Å². The molecule has 0 fully saturated rings. The smallest absolute Gasteiger partial charge is 0.198 e. The Kier molecular flexibility index (Phi) is 5.80. The lowest BCUT2D eigenvalue weighted by Crippen LogP contribution is -2.22.